The monoisotopic (exact) mass is 404 g/mol. The molecule has 0 saturated carbocycles. The van der Waals surface area contributed by atoms with Gasteiger partial charge < -0.3 is 4.90 Å². The zero-order valence-corrected chi connectivity index (χ0v) is 19.0. The molecule has 0 aromatic carbocycles. The van der Waals surface area contributed by atoms with Gasteiger partial charge in [0.15, 0.2) is 15.1 Å². The minimum Gasteiger partial charge on any atom is -0.349 e. The van der Waals surface area contributed by atoms with E-state index in [1.165, 1.54) is 11.5 Å². The molecule has 27 heavy (non-hydrogen) atoms. The van der Waals surface area contributed by atoms with Crippen LogP contribution >= 0.6 is 22.9 Å². The zero-order chi connectivity index (χ0) is 20.4. The quantitative estimate of drug-likeness (QED) is 0.546. The standard InChI is InChI=1S/C19H28N6S2/c1-9-25(10-2)17-21-14(19(6,7)8)16(26-17)23-22-15-12(11-20)13(24-27-15)18(3,4)5/h9-10H2,1-8H3/b23-22+. The predicted molar refractivity (Wildman–Crippen MR) is 114 cm³/mol. The second kappa shape index (κ2) is 8.03. The molecule has 0 spiro atoms. The molecular formula is C19H28N6S2. The van der Waals surface area contributed by atoms with Crippen molar-refractivity contribution >= 4 is 38.0 Å². The maximum absolute atomic E-state index is 9.57. The molecule has 0 aliphatic heterocycles. The zero-order valence-electron chi connectivity index (χ0n) is 17.4. The maximum Gasteiger partial charge on any atom is 0.187 e. The molecule has 0 aliphatic rings. The third kappa shape index (κ3) is 4.71. The Labute approximate surface area is 170 Å². The van der Waals surface area contributed by atoms with Crippen LogP contribution in [0.1, 0.15) is 72.3 Å². The summed E-state index contributed by atoms with van der Waals surface area (Å²) in [5.74, 6) is 0. The van der Waals surface area contributed by atoms with Crippen molar-refractivity contribution in [2.45, 2.75) is 66.2 Å². The molecule has 0 N–H and O–H groups in total. The van der Waals surface area contributed by atoms with Gasteiger partial charge in [-0.15, -0.1) is 10.2 Å². The van der Waals surface area contributed by atoms with E-state index in [2.05, 4.69) is 60.2 Å². The Morgan fingerprint density at radius 1 is 0.963 bits per heavy atom. The lowest BCUT2D eigenvalue weighted by atomic mass is 9.90. The number of anilines is 1. The molecule has 0 amide bonds. The Balaban J connectivity index is 2.48. The first-order valence-electron chi connectivity index (χ1n) is 9.11. The van der Waals surface area contributed by atoms with Crippen molar-refractivity contribution in [1.82, 2.24) is 9.36 Å². The van der Waals surface area contributed by atoms with Crippen molar-refractivity contribution in [3.63, 3.8) is 0 Å². The van der Waals surface area contributed by atoms with Crippen LogP contribution in [0.25, 0.3) is 0 Å². The van der Waals surface area contributed by atoms with Crippen LogP contribution in [0.15, 0.2) is 10.2 Å². The first kappa shape index (κ1) is 21.5. The van der Waals surface area contributed by atoms with E-state index in [1.54, 1.807) is 11.3 Å². The highest BCUT2D eigenvalue weighted by molar-refractivity contribution is 7.19. The van der Waals surface area contributed by atoms with E-state index in [1.807, 2.05) is 20.8 Å². The summed E-state index contributed by atoms with van der Waals surface area (Å²) < 4.78 is 4.45. The van der Waals surface area contributed by atoms with Crippen LogP contribution in [-0.2, 0) is 10.8 Å². The van der Waals surface area contributed by atoms with Crippen molar-refractivity contribution < 1.29 is 0 Å². The number of hydrogen-bond acceptors (Lipinski definition) is 8. The van der Waals surface area contributed by atoms with E-state index < -0.39 is 0 Å². The third-order valence-corrected chi connectivity index (χ3v) is 5.80. The first-order valence-corrected chi connectivity index (χ1v) is 10.7. The number of hydrogen-bond donors (Lipinski definition) is 0. The molecule has 0 fully saturated rings. The van der Waals surface area contributed by atoms with Gasteiger partial charge in [-0.25, -0.2) is 4.98 Å². The van der Waals surface area contributed by atoms with E-state index in [0.29, 0.717) is 10.6 Å². The van der Waals surface area contributed by atoms with Gasteiger partial charge in [-0.1, -0.05) is 52.9 Å². The Bertz CT molecular complexity index is 854. The minimum atomic E-state index is -0.202. The first-order chi connectivity index (χ1) is 12.5. The number of aromatic nitrogens is 2. The molecule has 0 bridgehead atoms. The molecule has 0 saturated heterocycles. The summed E-state index contributed by atoms with van der Waals surface area (Å²) in [6.07, 6.45) is 0. The highest BCUT2D eigenvalue weighted by Gasteiger charge is 2.27. The smallest absolute Gasteiger partial charge is 0.187 e. The molecule has 8 heteroatoms. The summed E-state index contributed by atoms with van der Waals surface area (Å²) in [6, 6.07) is 2.25. The Morgan fingerprint density at radius 2 is 1.52 bits per heavy atom. The van der Waals surface area contributed by atoms with E-state index in [4.69, 9.17) is 4.98 Å². The minimum absolute atomic E-state index is 0.140. The number of rotatable bonds is 5. The molecular weight excluding hydrogens is 376 g/mol. The summed E-state index contributed by atoms with van der Waals surface area (Å²) in [5, 5.41) is 20.8. The summed E-state index contributed by atoms with van der Waals surface area (Å²) in [4.78, 5) is 7.05. The predicted octanol–water partition coefficient (Wildman–Crippen LogP) is 6.33. The normalized spacial score (nSPS) is 12.6. The lowest BCUT2D eigenvalue weighted by Crippen LogP contribution is -2.22. The second-order valence-electron chi connectivity index (χ2n) is 8.35. The van der Waals surface area contributed by atoms with Gasteiger partial charge in [0, 0.05) is 23.9 Å². The highest BCUT2D eigenvalue weighted by atomic mass is 32.1. The van der Waals surface area contributed by atoms with E-state index >= 15 is 0 Å². The van der Waals surface area contributed by atoms with Gasteiger partial charge >= 0.3 is 0 Å². The fourth-order valence-electron chi connectivity index (χ4n) is 2.54. The van der Waals surface area contributed by atoms with Crippen LogP contribution in [-0.4, -0.2) is 22.4 Å². The molecule has 146 valence electrons. The van der Waals surface area contributed by atoms with Crippen LogP contribution in [0.3, 0.4) is 0 Å². The molecule has 2 heterocycles. The number of thiazole rings is 1. The molecule has 6 nitrogen and oxygen atoms in total. The number of azo groups is 1. The van der Waals surface area contributed by atoms with Crippen LogP contribution in [0.4, 0.5) is 15.1 Å². The van der Waals surface area contributed by atoms with Gasteiger partial charge in [0.2, 0.25) is 0 Å². The Kier molecular flexibility index (Phi) is 6.38. The maximum atomic E-state index is 9.57. The molecule has 0 atom stereocenters. The van der Waals surface area contributed by atoms with Gasteiger partial charge in [-0.2, -0.15) is 9.64 Å². The second-order valence-corrected chi connectivity index (χ2v) is 10.1. The summed E-state index contributed by atoms with van der Waals surface area (Å²) in [7, 11) is 0. The van der Waals surface area contributed by atoms with Crippen LogP contribution in [0, 0.1) is 11.3 Å². The lowest BCUT2D eigenvalue weighted by molar-refractivity contribution is 0.573. The van der Waals surface area contributed by atoms with Gasteiger partial charge in [0.1, 0.15) is 11.6 Å². The molecule has 2 aromatic heterocycles. The van der Waals surface area contributed by atoms with Gasteiger partial charge in [0.25, 0.3) is 0 Å². The van der Waals surface area contributed by atoms with Crippen LogP contribution < -0.4 is 4.90 Å². The summed E-state index contributed by atoms with van der Waals surface area (Å²) >= 11 is 2.77. The van der Waals surface area contributed by atoms with Crippen molar-refractivity contribution in [2.24, 2.45) is 10.2 Å². The van der Waals surface area contributed by atoms with E-state index in [9.17, 15) is 5.26 Å². The molecule has 0 unspecified atom stereocenters. The van der Waals surface area contributed by atoms with E-state index in [0.717, 1.165) is 34.6 Å². The van der Waals surface area contributed by atoms with Crippen molar-refractivity contribution in [2.75, 3.05) is 18.0 Å². The van der Waals surface area contributed by atoms with Crippen molar-refractivity contribution in [1.29, 1.82) is 5.26 Å². The van der Waals surface area contributed by atoms with Crippen molar-refractivity contribution in [3.05, 3.63) is 17.0 Å². The van der Waals surface area contributed by atoms with Gasteiger partial charge in [-0.05, 0) is 25.4 Å². The van der Waals surface area contributed by atoms with E-state index in [-0.39, 0.29) is 10.8 Å². The average Bonchev–Trinajstić information content (AvgIpc) is 3.17. The Hall–Kier alpha value is -1.85. The number of nitriles is 1. The topological polar surface area (TPSA) is 77.5 Å². The molecule has 0 aliphatic carbocycles. The fraction of sp³-hybridized carbons (Fsp3) is 0.632. The summed E-state index contributed by atoms with van der Waals surface area (Å²) in [6.45, 7) is 18.5. The van der Waals surface area contributed by atoms with Crippen molar-refractivity contribution in [3.8, 4) is 6.07 Å². The largest absolute Gasteiger partial charge is 0.349 e. The highest BCUT2D eigenvalue weighted by Crippen LogP contribution is 2.42. The summed E-state index contributed by atoms with van der Waals surface area (Å²) in [5.41, 5.74) is 1.87. The third-order valence-electron chi connectivity index (χ3n) is 4.07. The Morgan fingerprint density at radius 3 is 2.00 bits per heavy atom. The van der Waals surface area contributed by atoms with Crippen LogP contribution in [0.5, 0.6) is 0 Å². The van der Waals surface area contributed by atoms with Crippen LogP contribution in [0.2, 0.25) is 0 Å². The SMILES string of the molecule is CCN(CC)c1nc(C(C)(C)C)c(/N=N/c2snc(C(C)(C)C)c2C#N)s1. The van der Waals surface area contributed by atoms with Gasteiger partial charge in [-0.3, -0.25) is 0 Å². The lowest BCUT2D eigenvalue weighted by Gasteiger charge is -2.18. The molecule has 2 rings (SSSR count). The van der Waals surface area contributed by atoms with Gasteiger partial charge in [0.05, 0.1) is 11.4 Å². The molecule has 0 radical (unpaired) electrons. The fourth-order valence-corrected chi connectivity index (χ4v) is 4.62. The number of nitrogens with zero attached hydrogens (tertiary/aromatic N) is 6. The molecule has 2 aromatic rings. The average molecular weight is 405 g/mol.